The third-order valence-electron chi connectivity index (χ3n) is 5.70. The Morgan fingerprint density at radius 1 is 1.05 bits per heavy atom. The Morgan fingerprint density at radius 3 is 2.00 bits per heavy atom. The van der Waals surface area contributed by atoms with Gasteiger partial charge in [0.1, 0.15) is 0 Å². The summed E-state index contributed by atoms with van der Waals surface area (Å²) in [6.07, 6.45) is 2.54. The highest BCUT2D eigenvalue weighted by Crippen LogP contribution is 2.60. The summed E-state index contributed by atoms with van der Waals surface area (Å²) in [7, 11) is 0. The summed E-state index contributed by atoms with van der Waals surface area (Å²) in [6, 6.07) is -0.0934. The van der Waals surface area contributed by atoms with E-state index in [9.17, 15) is 13.2 Å². The molecule has 4 aliphatic carbocycles. The first-order valence-electron chi connectivity index (χ1n) is 7.76. The highest BCUT2D eigenvalue weighted by atomic mass is 19.4. The molecule has 0 spiro atoms. The van der Waals surface area contributed by atoms with Gasteiger partial charge in [0.15, 0.2) is 0 Å². The molecule has 1 atom stereocenters. The fourth-order valence-corrected chi connectivity index (χ4v) is 5.21. The van der Waals surface area contributed by atoms with Gasteiger partial charge in [0, 0.05) is 6.04 Å². The van der Waals surface area contributed by atoms with Crippen LogP contribution in [0.3, 0.4) is 0 Å². The van der Waals surface area contributed by atoms with Gasteiger partial charge in [-0.15, -0.1) is 0 Å². The van der Waals surface area contributed by atoms with E-state index in [4.69, 9.17) is 10.5 Å². The van der Waals surface area contributed by atoms with Crippen LogP contribution in [-0.4, -0.2) is 25.4 Å². The van der Waals surface area contributed by atoms with Crippen molar-refractivity contribution in [3.05, 3.63) is 0 Å². The SMILES string of the molecule is NC(COCCC(F)(F)F)C12CC3CC(CC(C3)C1)C2. The average molecular weight is 291 g/mol. The number of hydrogen-bond donors (Lipinski definition) is 1. The van der Waals surface area contributed by atoms with Crippen LogP contribution in [0.15, 0.2) is 0 Å². The van der Waals surface area contributed by atoms with Crippen LogP contribution in [-0.2, 0) is 4.74 Å². The van der Waals surface area contributed by atoms with E-state index in [1.807, 2.05) is 0 Å². The van der Waals surface area contributed by atoms with E-state index in [1.165, 1.54) is 38.5 Å². The highest BCUT2D eigenvalue weighted by molar-refractivity contribution is 5.05. The van der Waals surface area contributed by atoms with Gasteiger partial charge in [-0.2, -0.15) is 13.2 Å². The van der Waals surface area contributed by atoms with Gasteiger partial charge in [-0.3, -0.25) is 0 Å². The van der Waals surface area contributed by atoms with Crippen molar-refractivity contribution in [3.63, 3.8) is 0 Å². The largest absolute Gasteiger partial charge is 0.391 e. The van der Waals surface area contributed by atoms with E-state index >= 15 is 0 Å². The molecule has 0 aliphatic heterocycles. The minimum atomic E-state index is -4.13. The summed E-state index contributed by atoms with van der Waals surface area (Å²) in [6.45, 7) is 0.0196. The average Bonchev–Trinajstić information content (AvgIpc) is 2.31. The zero-order chi connectivity index (χ0) is 14.4. The molecule has 4 aliphatic rings. The highest BCUT2D eigenvalue weighted by Gasteiger charge is 2.53. The summed E-state index contributed by atoms with van der Waals surface area (Å²) in [5.41, 5.74) is 6.48. The smallest absolute Gasteiger partial charge is 0.379 e. The lowest BCUT2D eigenvalue weighted by Gasteiger charge is -2.58. The molecule has 2 N–H and O–H groups in total. The molecule has 4 bridgehead atoms. The molecule has 20 heavy (non-hydrogen) atoms. The van der Waals surface area contributed by atoms with Crippen molar-refractivity contribution in [1.29, 1.82) is 0 Å². The molecule has 4 fully saturated rings. The molecular weight excluding hydrogens is 267 g/mol. The quantitative estimate of drug-likeness (QED) is 0.787. The lowest BCUT2D eigenvalue weighted by Crippen LogP contribution is -2.56. The lowest BCUT2D eigenvalue weighted by molar-refractivity contribution is -0.147. The van der Waals surface area contributed by atoms with Gasteiger partial charge < -0.3 is 10.5 Å². The van der Waals surface area contributed by atoms with Crippen molar-refractivity contribution in [2.75, 3.05) is 13.2 Å². The standard InChI is InChI=1S/C15H24F3NO/c16-15(17,18)1-2-20-9-13(19)14-6-10-3-11(7-14)5-12(4-10)8-14/h10-13H,1-9,19H2. The molecule has 0 heterocycles. The van der Waals surface area contributed by atoms with Gasteiger partial charge >= 0.3 is 6.18 Å². The van der Waals surface area contributed by atoms with Gasteiger partial charge in [-0.25, -0.2) is 0 Å². The van der Waals surface area contributed by atoms with Crippen molar-refractivity contribution in [2.45, 2.75) is 57.2 Å². The second-order valence-corrected chi connectivity index (χ2v) is 7.33. The first kappa shape index (κ1) is 14.6. The van der Waals surface area contributed by atoms with Gasteiger partial charge in [-0.05, 0) is 61.7 Å². The maximum Gasteiger partial charge on any atom is 0.391 e. The number of hydrogen-bond acceptors (Lipinski definition) is 2. The third kappa shape index (κ3) is 2.98. The van der Waals surface area contributed by atoms with Crippen LogP contribution in [0.2, 0.25) is 0 Å². The van der Waals surface area contributed by atoms with E-state index in [0.717, 1.165) is 17.8 Å². The summed E-state index contributed by atoms with van der Waals surface area (Å²) in [4.78, 5) is 0. The Kier molecular flexibility index (Phi) is 3.78. The minimum Gasteiger partial charge on any atom is -0.379 e. The maximum atomic E-state index is 12.1. The Labute approximate surface area is 118 Å². The van der Waals surface area contributed by atoms with Crippen LogP contribution in [0, 0.1) is 23.2 Å². The van der Waals surface area contributed by atoms with Crippen LogP contribution in [0.25, 0.3) is 0 Å². The van der Waals surface area contributed by atoms with Gasteiger partial charge in [0.2, 0.25) is 0 Å². The molecule has 1 unspecified atom stereocenters. The summed E-state index contributed by atoms with van der Waals surface area (Å²) in [5, 5.41) is 0. The molecule has 5 heteroatoms. The van der Waals surface area contributed by atoms with Crippen molar-refractivity contribution in [3.8, 4) is 0 Å². The Balaban J connectivity index is 1.51. The Hall–Kier alpha value is -0.290. The van der Waals surface area contributed by atoms with Crippen LogP contribution in [0.5, 0.6) is 0 Å². The predicted molar refractivity (Wildman–Crippen MR) is 70.1 cm³/mol. The van der Waals surface area contributed by atoms with Crippen molar-refractivity contribution in [1.82, 2.24) is 0 Å². The predicted octanol–water partition coefficient (Wildman–Crippen LogP) is 3.50. The van der Waals surface area contributed by atoms with Gasteiger partial charge in [0.05, 0.1) is 19.6 Å². The monoisotopic (exact) mass is 291 g/mol. The van der Waals surface area contributed by atoms with Crippen LogP contribution in [0.4, 0.5) is 13.2 Å². The first-order valence-corrected chi connectivity index (χ1v) is 7.76. The molecule has 4 saturated carbocycles. The summed E-state index contributed by atoms with van der Waals surface area (Å²) < 4.78 is 41.5. The zero-order valence-corrected chi connectivity index (χ0v) is 11.8. The summed E-state index contributed by atoms with van der Waals surface area (Å²) >= 11 is 0. The molecular formula is C15H24F3NO. The van der Waals surface area contributed by atoms with E-state index < -0.39 is 12.6 Å². The molecule has 2 nitrogen and oxygen atoms in total. The summed E-state index contributed by atoms with van der Waals surface area (Å²) in [5.74, 6) is 2.42. The number of ether oxygens (including phenoxy) is 1. The molecule has 116 valence electrons. The molecule has 0 aromatic carbocycles. The second kappa shape index (κ2) is 5.16. The van der Waals surface area contributed by atoms with Gasteiger partial charge in [0.25, 0.3) is 0 Å². The minimum absolute atomic E-state index is 0.0934. The first-order chi connectivity index (χ1) is 9.36. The maximum absolute atomic E-state index is 12.1. The normalized spacial score (nSPS) is 41.1. The van der Waals surface area contributed by atoms with Crippen molar-refractivity contribution < 1.29 is 17.9 Å². The fraction of sp³-hybridized carbons (Fsp3) is 1.00. The fourth-order valence-electron chi connectivity index (χ4n) is 5.21. The number of rotatable bonds is 5. The molecule has 4 rings (SSSR count). The van der Waals surface area contributed by atoms with Crippen molar-refractivity contribution >= 4 is 0 Å². The number of halogens is 3. The molecule has 0 saturated heterocycles. The third-order valence-corrected chi connectivity index (χ3v) is 5.70. The van der Waals surface area contributed by atoms with E-state index in [1.54, 1.807) is 0 Å². The molecule has 0 radical (unpaired) electrons. The van der Waals surface area contributed by atoms with Gasteiger partial charge in [-0.1, -0.05) is 0 Å². The zero-order valence-electron chi connectivity index (χ0n) is 11.8. The van der Waals surface area contributed by atoms with E-state index in [0.29, 0.717) is 0 Å². The lowest BCUT2D eigenvalue weighted by atomic mass is 9.48. The van der Waals surface area contributed by atoms with Crippen LogP contribution < -0.4 is 5.73 Å². The van der Waals surface area contributed by atoms with E-state index in [-0.39, 0.29) is 24.7 Å². The number of nitrogens with two attached hydrogens (primary N) is 1. The Bertz CT molecular complexity index is 320. The topological polar surface area (TPSA) is 35.2 Å². The van der Waals surface area contributed by atoms with Crippen LogP contribution >= 0.6 is 0 Å². The molecule has 0 aromatic rings. The Morgan fingerprint density at radius 2 is 1.55 bits per heavy atom. The van der Waals surface area contributed by atoms with Crippen LogP contribution in [0.1, 0.15) is 44.9 Å². The van der Waals surface area contributed by atoms with Crippen molar-refractivity contribution in [2.24, 2.45) is 28.9 Å². The second-order valence-electron chi connectivity index (χ2n) is 7.33. The number of alkyl halides is 3. The molecule has 0 amide bonds. The van der Waals surface area contributed by atoms with E-state index in [2.05, 4.69) is 0 Å². The molecule has 0 aromatic heterocycles.